The minimum atomic E-state index is 0.263. The highest BCUT2D eigenvalue weighted by molar-refractivity contribution is 7.99. The van der Waals surface area contributed by atoms with Crippen LogP contribution in [0.2, 0.25) is 0 Å². The molecule has 5 nitrogen and oxygen atoms in total. The van der Waals surface area contributed by atoms with Gasteiger partial charge in [0.25, 0.3) is 0 Å². The molecule has 0 bridgehead atoms. The minimum Gasteiger partial charge on any atom is -0.505 e. The summed E-state index contributed by atoms with van der Waals surface area (Å²) in [5.41, 5.74) is 4.42. The molecule has 0 saturated heterocycles. The highest BCUT2D eigenvalue weighted by Gasteiger charge is 2.15. The number of nitrogens with zero attached hydrogens (tertiary/aromatic N) is 3. The van der Waals surface area contributed by atoms with Crippen LogP contribution in [0.3, 0.4) is 0 Å². The average molecular weight is 314 g/mol. The van der Waals surface area contributed by atoms with Crippen LogP contribution in [0.25, 0.3) is 11.0 Å². The Bertz CT molecular complexity index is 857. The highest BCUT2D eigenvalue weighted by atomic mass is 32.2. The van der Waals surface area contributed by atoms with Gasteiger partial charge in [-0.2, -0.15) is 0 Å². The monoisotopic (exact) mass is 314 g/mol. The Hall–Kier alpha value is -2.08. The molecule has 0 aliphatic heterocycles. The summed E-state index contributed by atoms with van der Waals surface area (Å²) in [6.07, 6.45) is 2.56. The van der Waals surface area contributed by atoms with Gasteiger partial charge in [-0.05, 0) is 50.6 Å². The maximum atomic E-state index is 10.2. The number of aryl methyl sites for hydroxylation is 4. The Morgan fingerprint density at radius 1 is 1.18 bits per heavy atom. The Kier molecular flexibility index (Phi) is 3.78. The molecule has 6 heteroatoms. The van der Waals surface area contributed by atoms with Gasteiger partial charge in [0.1, 0.15) is 11.4 Å². The summed E-state index contributed by atoms with van der Waals surface area (Å²) in [5, 5.41) is 11.5. The van der Waals surface area contributed by atoms with E-state index < -0.39 is 0 Å². The zero-order chi connectivity index (χ0) is 15.9. The van der Waals surface area contributed by atoms with Crippen molar-refractivity contribution in [3.63, 3.8) is 0 Å². The second-order valence-corrected chi connectivity index (χ2v) is 6.34. The second kappa shape index (κ2) is 5.61. The molecule has 22 heavy (non-hydrogen) atoms. The molecule has 0 fully saturated rings. The summed E-state index contributed by atoms with van der Waals surface area (Å²) in [6.45, 7) is 7.91. The summed E-state index contributed by atoms with van der Waals surface area (Å²) < 4.78 is 0. The SMILES string of the molecule is CCc1[nH]c2nc(Sc3cnc(C)c(C)c3)nc(C)c2c1O. The molecule has 2 N–H and O–H groups in total. The van der Waals surface area contributed by atoms with Gasteiger partial charge in [0.15, 0.2) is 5.16 Å². The molecule has 3 rings (SSSR count). The van der Waals surface area contributed by atoms with E-state index in [-0.39, 0.29) is 5.75 Å². The molecular weight excluding hydrogens is 296 g/mol. The Morgan fingerprint density at radius 3 is 2.64 bits per heavy atom. The van der Waals surface area contributed by atoms with Gasteiger partial charge in [-0.25, -0.2) is 9.97 Å². The summed E-state index contributed by atoms with van der Waals surface area (Å²) in [7, 11) is 0. The van der Waals surface area contributed by atoms with Gasteiger partial charge in [-0.1, -0.05) is 6.92 Å². The van der Waals surface area contributed by atoms with Gasteiger partial charge in [0.2, 0.25) is 0 Å². The molecule has 0 spiro atoms. The third-order valence-electron chi connectivity index (χ3n) is 3.74. The second-order valence-electron chi connectivity index (χ2n) is 5.30. The number of hydrogen-bond donors (Lipinski definition) is 2. The van der Waals surface area contributed by atoms with E-state index in [2.05, 4.69) is 26.0 Å². The molecule has 0 saturated carbocycles. The molecule has 114 valence electrons. The number of H-pyrrole nitrogens is 1. The minimum absolute atomic E-state index is 0.263. The van der Waals surface area contributed by atoms with E-state index in [4.69, 9.17) is 0 Å². The standard InChI is InChI=1S/C16H18N4OS/c1-5-12-14(21)13-10(4)18-16(20-15(13)19-12)22-11-6-8(2)9(3)17-7-11/h6-7,21H,5H2,1-4H3,(H,18,19,20). The van der Waals surface area contributed by atoms with Crippen molar-refractivity contribution in [3.8, 4) is 5.75 Å². The van der Waals surface area contributed by atoms with E-state index in [1.807, 2.05) is 33.9 Å². The van der Waals surface area contributed by atoms with Crippen LogP contribution in [-0.2, 0) is 6.42 Å². The van der Waals surface area contributed by atoms with Crippen molar-refractivity contribution in [1.82, 2.24) is 19.9 Å². The molecular formula is C16H18N4OS. The first kappa shape index (κ1) is 14.8. The van der Waals surface area contributed by atoms with Crippen LogP contribution in [0.1, 0.15) is 29.6 Å². The Balaban J connectivity index is 2.02. The van der Waals surface area contributed by atoms with Crippen LogP contribution < -0.4 is 0 Å². The number of pyridine rings is 1. The summed E-state index contributed by atoms with van der Waals surface area (Å²) in [5.74, 6) is 0.263. The molecule has 0 aromatic carbocycles. The molecule has 3 aromatic rings. The van der Waals surface area contributed by atoms with Crippen molar-refractivity contribution < 1.29 is 5.11 Å². The number of nitrogens with one attached hydrogen (secondary N) is 1. The Morgan fingerprint density at radius 2 is 1.95 bits per heavy atom. The molecule has 3 aromatic heterocycles. The predicted octanol–water partition coefficient (Wildman–Crippen LogP) is 3.70. The van der Waals surface area contributed by atoms with Crippen molar-refractivity contribution in [2.24, 2.45) is 0 Å². The van der Waals surface area contributed by atoms with Crippen LogP contribution in [0.15, 0.2) is 22.3 Å². The van der Waals surface area contributed by atoms with E-state index in [1.165, 1.54) is 11.8 Å². The van der Waals surface area contributed by atoms with E-state index in [0.717, 1.165) is 34.0 Å². The van der Waals surface area contributed by atoms with E-state index in [0.29, 0.717) is 16.2 Å². The lowest BCUT2D eigenvalue weighted by atomic mass is 10.2. The fraction of sp³-hybridized carbons (Fsp3) is 0.312. The third kappa shape index (κ3) is 2.54. The molecule has 0 aliphatic carbocycles. The van der Waals surface area contributed by atoms with Gasteiger partial charge in [0.05, 0.1) is 16.8 Å². The van der Waals surface area contributed by atoms with Gasteiger partial charge < -0.3 is 10.1 Å². The van der Waals surface area contributed by atoms with Crippen LogP contribution >= 0.6 is 11.8 Å². The summed E-state index contributed by atoms with van der Waals surface area (Å²) in [4.78, 5) is 17.6. The number of hydrogen-bond acceptors (Lipinski definition) is 5. The van der Waals surface area contributed by atoms with Gasteiger partial charge >= 0.3 is 0 Å². The van der Waals surface area contributed by atoms with Gasteiger partial charge in [0, 0.05) is 16.8 Å². The molecule has 0 atom stereocenters. The lowest BCUT2D eigenvalue weighted by molar-refractivity contribution is 0.474. The van der Waals surface area contributed by atoms with Crippen LogP contribution in [0.5, 0.6) is 5.75 Å². The van der Waals surface area contributed by atoms with Crippen LogP contribution in [0, 0.1) is 20.8 Å². The van der Waals surface area contributed by atoms with Gasteiger partial charge in [-0.3, -0.25) is 4.98 Å². The maximum absolute atomic E-state index is 10.2. The highest BCUT2D eigenvalue weighted by Crippen LogP contribution is 2.33. The summed E-state index contributed by atoms with van der Waals surface area (Å²) in [6, 6.07) is 2.08. The average Bonchev–Trinajstić information content (AvgIpc) is 2.79. The van der Waals surface area contributed by atoms with E-state index in [9.17, 15) is 5.11 Å². The van der Waals surface area contributed by atoms with Crippen molar-refractivity contribution in [2.45, 2.75) is 44.2 Å². The Labute approximate surface area is 133 Å². The zero-order valence-electron chi connectivity index (χ0n) is 13.1. The third-order valence-corrected chi connectivity index (χ3v) is 4.56. The fourth-order valence-corrected chi connectivity index (χ4v) is 3.23. The quantitative estimate of drug-likeness (QED) is 0.721. The largest absolute Gasteiger partial charge is 0.505 e. The number of aromatic hydroxyl groups is 1. The topological polar surface area (TPSA) is 74.7 Å². The molecule has 0 unspecified atom stereocenters. The van der Waals surface area contributed by atoms with Crippen molar-refractivity contribution in [3.05, 3.63) is 34.9 Å². The zero-order valence-corrected chi connectivity index (χ0v) is 13.9. The van der Waals surface area contributed by atoms with Crippen molar-refractivity contribution >= 4 is 22.8 Å². The van der Waals surface area contributed by atoms with Crippen LogP contribution in [0.4, 0.5) is 0 Å². The molecule has 0 aliphatic rings. The smallest absolute Gasteiger partial charge is 0.194 e. The van der Waals surface area contributed by atoms with E-state index in [1.54, 1.807) is 0 Å². The van der Waals surface area contributed by atoms with Crippen molar-refractivity contribution in [1.29, 1.82) is 0 Å². The fourth-order valence-electron chi connectivity index (χ4n) is 2.35. The van der Waals surface area contributed by atoms with E-state index >= 15 is 0 Å². The first-order valence-electron chi connectivity index (χ1n) is 7.18. The molecule has 0 radical (unpaired) electrons. The molecule has 3 heterocycles. The lowest BCUT2D eigenvalue weighted by Crippen LogP contribution is -1.93. The number of aromatic nitrogens is 4. The maximum Gasteiger partial charge on any atom is 0.194 e. The van der Waals surface area contributed by atoms with Crippen LogP contribution in [-0.4, -0.2) is 25.0 Å². The number of fused-ring (bicyclic) bond motifs is 1. The number of aromatic amines is 1. The van der Waals surface area contributed by atoms with Crippen molar-refractivity contribution in [2.75, 3.05) is 0 Å². The number of rotatable bonds is 3. The predicted molar refractivity (Wildman–Crippen MR) is 87.5 cm³/mol. The summed E-state index contributed by atoms with van der Waals surface area (Å²) >= 11 is 1.48. The van der Waals surface area contributed by atoms with Gasteiger partial charge in [-0.15, -0.1) is 0 Å². The normalized spacial score (nSPS) is 11.3. The molecule has 0 amide bonds. The lowest BCUT2D eigenvalue weighted by Gasteiger charge is -2.04. The first-order valence-corrected chi connectivity index (χ1v) is 8.00. The first-order chi connectivity index (χ1) is 10.5.